The average Bonchev–Trinajstić information content (AvgIpc) is 2.28. The number of rotatable bonds is 2. The fourth-order valence-corrected chi connectivity index (χ4v) is 1.99. The van der Waals surface area contributed by atoms with Crippen LogP contribution in [-0.2, 0) is 0 Å². The second-order valence-electron chi connectivity index (χ2n) is 4.13. The van der Waals surface area contributed by atoms with Gasteiger partial charge in [-0.25, -0.2) is 0 Å². The number of alkyl halides is 3. The minimum absolute atomic E-state index is 0.232. The molecule has 0 aliphatic carbocycles. The second kappa shape index (κ2) is 4.96. The lowest BCUT2D eigenvalue weighted by Gasteiger charge is -2.30. The topological polar surface area (TPSA) is 38.5 Å². The molecule has 0 aromatic heterocycles. The van der Waals surface area contributed by atoms with Crippen molar-refractivity contribution in [2.75, 3.05) is 23.7 Å². The number of hydrogen-bond donors (Lipinski definition) is 1. The van der Waals surface area contributed by atoms with Gasteiger partial charge < -0.3 is 15.4 Å². The zero-order chi connectivity index (χ0) is 13.2. The number of nitrogens with zero attached hydrogens (tertiary/aromatic N) is 1. The van der Waals surface area contributed by atoms with Crippen molar-refractivity contribution in [1.29, 1.82) is 0 Å². The number of nitrogen functional groups attached to an aromatic ring is 1. The van der Waals surface area contributed by atoms with Gasteiger partial charge in [-0.05, 0) is 31.4 Å². The van der Waals surface area contributed by atoms with E-state index in [0.29, 0.717) is 18.8 Å². The van der Waals surface area contributed by atoms with Gasteiger partial charge in [0, 0.05) is 24.8 Å². The maximum atomic E-state index is 12.3. The van der Waals surface area contributed by atoms with Crippen LogP contribution in [0.2, 0.25) is 0 Å². The first-order valence-electron chi connectivity index (χ1n) is 5.67. The molecule has 0 bridgehead atoms. The fraction of sp³-hybridized carbons (Fsp3) is 0.417. The van der Waals surface area contributed by atoms with Gasteiger partial charge in [-0.3, -0.25) is 0 Å². The molecule has 6 heteroatoms. The molecular formula is C12H14F3N2O. The molecule has 18 heavy (non-hydrogen) atoms. The highest BCUT2D eigenvalue weighted by atomic mass is 19.4. The third-order valence-corrected chi connectivity index (χ3v) is 2.76. The first-order chi connectivity index (χ1) is 8.46. The van der Waals surface area contributed by atoms with Gasteiger partial charge in [0.1, 0.15) is 0 Å². The Morgan fingerprint density at radius 3 is 2.44 bits per heavy atom. The SMILES string of the molecule is Nc1ccc(N2CC[CH]CC2)c(OC(F)(F)F)c1. The molecule has 1 aromatic carbocycles. The normalized spacial score (nSPS) is 16.7. The van der Waals surface area contributed by atoms with Crippen LogP contribution in [-0.4, -0.2) is 19.5 Å². The van der Waals surface area contributed by atoms with Crippen LogP contribution in [0.4, 0.5) is 24.5 Å². The zero-order valence-electron chi connectivity index (χ0n) is 9.70. The largest absolute Gasteiger partial charge is 0.573 e. The van der Waals surface area contributed by atoms with E-state index in [0.717, 1.165) is 12.8 Å². The van der Waals surface area contributed by atoms with E-state index in [4.69, 9.17) is 5.73 Å². The van der Waals surface area contributed by atoms with Crippen LogP contribution < -0.4 is 15.4 Å². The Hall–Kier alpha value is -1.59. The van der Waals surface area contributed by atoms with Crippen LogP contribution in [0.25, 0.3) is 0 Å². The summed E-state index contributed by atoms with van der Waals surface area (Å²) in [5.41, 5.74) is 6.19. The van der Waals surface area contributed by atoms with E-state index in [2.05, 4.69) is 11.2 Å². The molecule has 0 unspecified atom stereocenters. The van der Waals surface area contributed by atoms with E-state index in [-0.39, 0.29) is 11.4 Å². The van der Waals surface area contributed by atoms with Crippen LogP contribution in [0.1, 0.15) is 12.8 Å². The van der Waals surface area contributed by atoms with Crippen LogP contribution in [0.15, 0.2) is 18.2 Å². The quantitative estimate of drug-likeness (QED) is 0.830. The van der Waals surface area contributed by atoms with E-state index >= 15 is 0 Å². The smallest absolute Gasteiger partial charge is 0.403 e. The van der Waals surface area contributed by atoms with Gasteiger partial charge >= 0.3 is 6.36 Å². The van der Waals surface area contributed by atoms with E-state index in [1.807, 2.05) is 4.90 Å². The highest BCUT2D eigenvalue weighted by Crippen LogP contribution is 2.35. The van der Waals surface area contributed by atoms with Gasteiger partial charge in [0.25, 0.3) is 0 Å². The summed E-state index contributed by atoms with van der Waals surface area (Å²) in [7, 11) is 0. The van der Waals surface area contributed by atoms with Gasteiger partial charge in [0.05, 0.1) is 5.69 Å². The summed E-state index contributed by atoms with van der Waals surface area (Å²) in [6.07, 6.45) is -0.867. The zero-order valence-corrected chi connectivity index (χ0v) is 9.70. The average molecular weight is 259 g/mol. The van der Waals surface area contributed by atoms with Crippen LogP contribution in [0.5, 0.6) is 5.75 Å². The van der Waals surface area contributed by atoms with Crippen molar-refractivity contribution in [3.05, 3.63) is 24.6 Å². The van der Waals surface area contributed by atoms with Crippen LogP contribution >= 0.6 is 0 Å². The van der Waals surface area contributed by atoms with Crippen molar-refractivity contribution in [2.24, 2.45) is 0 Å². The Labute approximate surface area is 103 Å². The first-order valence-corrected chi connectivity index (χ1v) is 5.67. The van der Waals surface area contributed by atoms with Crippen molar-refractivity contribution in [3.63, 3.8) is 0 Å². The Morgan fingerprint density at radius 2 is 1.83 bits per heavy atom. The minimum atomic E-state index is -4.70. The molecular weight excluding hydrogens is 245 g/mol. The third-order valence-electron chi connectivity index (χ3n) is 2.76. The minimum Gasteiger partial charge on any atom is -0.403 e. The summed E-state index contributed by atoms with van der Waals surface area (Å²) in [5, 5.41) is 0. The Balaban J connectivity index is 2.27. The van der Waals surface area contributed by atoms with E-state index in [1.54, 1.807) is 12.1 Å². The first kappa shape index (κ1) is 12.9. The van der Waals surface area contributed by atoms with E-state index < -0.39 is 6.36 Å². The Morgan fingerprint density at radius 1 is 1.17 bits per heavy atom. The standard InChI is InChI=1S/C12H14F3N2O/c13-12(14,15)18-11-8-9(16)4-5-10(11)17-6-2-1-3-7-17/h1,4-5,8H,2-3,6-7,16H2. The van der Waals surface area contributed by atoms with Crippen LogP contribution in [0.3, 0.4) is 0 Å². The van der Waals surface area contributed by atoms with Crippen molar-refractivity contribution in [1.82, 2.24) is 0 Å². The Bertz CT molecular complexity index is 414. The van der Waals surface area contributed by atoms with Gasteiger partial charge in [-0.15, -0.1) is 13.2 Å². The molecule has 1 aliphatic heterocycles. The lowest BCUT2D eigenvalue weighted by molar-refractivity contribution is -0.274. The molecule has 1 fully saturated rings. The number of anilines is 2. The van der Waals surface area contributed by atoms with E-state index in [1.165, 1.54) is 6.07 Å². The van der Waals surface area contributed by atoms with Crippen molar-refractivity contribution in [2.45, 2.75) is 19.2 Å². The highest BCUT2D eigenvalue weighted by Gasteiger charge is 2.33. The fourth-order valence-electron chi connectivity index (χ4n) is 1.99. The lowest BCUT2D eigenvalue weighted by atomic mass is 10.1. The molecule has 99 valence electrons. The number of hydrogen-bond acceptors (Lipinski definition) is 3. The molecule has 0 saturated carbocycles. The maximum Gasteiger partial charge on any atom is 0.573 e. The molecule has 1 radical (unpaired) electrons. The number of ether oxygens (including phenoxy) is 1. The number of benzene rings is 1. The molecule has 0 spiro atoms. The summed E-state index contributed by atoms with van der Waals surface area (Å²) in [5.74, 6) is -0.232. The van der Waals surface area contributed by atoms with Crippen molar-refractivity contribution >= 4 is 11.4 Å². The van der Waals surface area contributed by atoms with Gasteiger partial charge in [0.15, 0.2) is 5.75 Å². The predicted molar refractivity (Wildman–Crippen MR) is 63.3 cm³/mol. The monoisotopic (exact) mass is 259 g/mol. The van der Waals surface area contributed by atoms with Crippen LogP contribution in [0, 0.1) is 6.42 Å². The lowest BCUT2D eigenvalue weighted by Crippen LogP contribution is -2.30. The molecule has 0 atom stereocenters. The molecule has 0 amide bonds. The van der Waals surface area contributed by atoms with Crippen molar-refractivity contribution in [3.8, 4) is 5.75 Å². The molecule has 2 N–H and O–H groups in total. The Kier molecular flexibility index (Phi) is 3.54. The summed E-state index contributed by atoms with van der Waals surface area (Å²) in [6, 6.07) is 4.36. The molecule has 1 aliphatic rings. The van der Waals surface area contributed by atoms with Crippen molar-refractivity contribution < 1.29 is 17.9 Å². The summed E-state index contributed by atoms with van der Waals surface area (Å²) in [4.78, 5) is 1.88. The summed E-state index contributed by atoms with van der Waals surface area (Å²) in [6.45, 7) is 1.39. The second-order valence-corrected chi connectivity index (χ2v) is 4.13. The number of halogens is 3. The summed E-state index contributed by atoms with van der Waals surface area (Å²) < 4.78 is 41.0. The predicted octanol–water partition coefficient (Wildman–Crippen LogP) is 2.97. The molecule has 1 saturated heterocycles. The third kappa shape index (κ3) is 3.21. The van der Waals surface area contributed by atoms with Gasteiger partial charge in [-0.2, -0.15) is 0 Å². The summed E-state index contributed by atoms with van der Waals surface area (Å²) >= 11 is 0. The molecule has 3 nitrogen and oxygen atoms in total. The molecule has 1 aromatic rings. The van der Waals surface area contributed by atoms with Gasteiger partial charge in [0.2, 0.25) is 0 Å². The van der Waals surface area contributed by atoms with E-state index in [9.17, 15) is 13.2 Å². The number of piperidine rings is 1. The highest BCUT2D eigenvalue weighted by molar-refractivity contribution is 5.64. The molecule has 1 heterocycles. The number of nitrogens with two attached hydrogens (primary N) is 1. The maximum absolute atomic E-state index is 12.3. The molecule has 2 rings (SSSR count). The van der Waals surface area contributed by atoms with Gasteiger partial charge in [-0.1, -0.05) is 0 Å².